The summed E-state index contributed by atoms with van der Waals surface area (Å²) < 4.78 is 18.6. The van der Waals surface area contributed by atoms with E-state index in [9.17, 15) is 9.18 Å². The van der Waals surface area contributed by atoms with E-state index in [1.165, 1.54) is 40.9 Å². The number of methoxy groups -OCH3 is 1. The maximum absolute atomic E-state index is 13.0. The van der Waals surface area contributed by atoms with Crippen molar-refractivity contribution in [2.24, 2.45) is 0 Å². The minimum Gasteiger partial charge on any atom is -0.497 e. The van der Waals surface area contributed by atoms with E-state index in [-0.39, 0.29) is 11.7 Å². The summed E-state index contributed by atoms with van der Waals surface area (Å²) in [7, 11) is 1.59. The molecule has 3 rings (SSSR count). The number of thioether (sulfide) groups is 1. The number of benzene rings is 2. The quantitative estimate of drug-likeness (QED) is 0.615. The highest BCUT2D eigenvalue weighted by Gasteiger charge is 2.33. The van der Waals surface area contributed by atoms with Crippen LogP contribution < -0.4 is 9.64 Å². The van der Waals surface area contributed by atoms with E-state index in [1.807, 2.05) is 24.3 Å². The number of thiocarbonyl (C=S) groups is 1. The molecule has 1 fully saturated rings. The van der Waals surface area contributed by atoms with Gasteiger partial charge in [-0.05, 0) is 48.0 Å². The average molecular weight is 345 g/mol. The lowest BCUT2D eigenvalue weighted by Gasteiger charge is -2.14. The molecule has 0 unspecified atom stereocenters. The van der Waals surface area contributed by atoms with Gasteiger partial charge in [0.1, 0.15) is 11.6 Å². The molecule has 0 bridgehead atoms. The number of amides is 1. The fraction of sp³-hybridized carbons (Fsp3) is 0.0588. The van der Waals surface area contributed by atoms with E-state index in [0.717, 1.165) is 5.56 Å². The Morgan fingerprint density at radius 3 is 2.65 bits per heavy atom. The normalized spacial score (nSPS) is 16.3. The lowest BCUT2D eigenvalue weighted by molar-refractivity contribution is -0.113. The summed E-state index contributed by atoms with van der Waals surface area (Å²) in [4.78, 5) is 14.5. The summed E-state index contributed by atoms with van der Waals surface area (Å²) >= 11 is 6.51. The average Bonchev–Trinajstić information content (AvgIpc) is 2.83. The number of carbonyl (C=O) groups excluding carboxylic acids is 1. The summed E-state index contributed by atoms with van der Waals surface area (Å²) in [5.41, 5.74) is 1.41. The van der Waals surface area contributed by atoms with Crippen molar-refractivity contribution in [3.63, 3.8) is 0 Å². The molecule has 2 aromatic rings. The smallest absolute Gasteiger partial charge is 0.270 e. The second-order valence-electron chi connectivity index (χ2n) is 4.77. The number of ether oxygens (including phenoxy) is 1. The Labute approximate surface area is 142 Å². The number of hydrogen-bond acceptors (Lipinski definition) is 4. The molecular formula is C17H12FNO2S2. The van der Waals surface area contributed by atoms with Crippen molar-refractivity contribution in [1.82, 2.24) is 0 Å². The molecule has 23 heavy (non-hydrogen) atoms. The van der Waals surface area contributed by atoms with Crippen LogP contribution in [0.15, 0.2) is 53.4 Å². The third-order valence-electron chi connectivity index (χ3n) is 3.27. The van der Waals surface area contributed by atoms with Crippen molar-refractivity contribution in [3.8, 4) is 5.75 Å². The van der Waals surface area contributed by atoms with Crippen molar-refractivity contribution in [2.45, 2.75) is 0 Å². The molecule has 6 heteroatoms. The molecule has 116 valence electrons. The molecule has 3 nitrogen and oxygen atoms in total. The predicted molar refractivity (Wildman–Crippen MR) is 95.0 cm³/mol. The monoisotopic (exact) mass is 345 g/mol. The zero-order valence-electron chi connectivity index (χ0n) is 12.2. The lowest BCUT2D eigenvalue weighted by Crippen LogP contribution is -2.27. The first-order chi connectivity index (χ1) is 11.1. The molecule has 0 radical (unpaired) electrons. The van der Waals surface area contributed by atoms with Gasteiger partial charge in [-0.15, -0.1) is 0 Å². The van der Waals surface area contributed by atoms with Crippen molar-refractivity contribution in [2.75, 3.05) is 12.0 Å². The maximum Gasteiger partial charge on any atom is 0.270 e. The molecule has 0 N–H and O–H groups in total. The topological polar surface area (TPSA) is 29.5 Å². The molecular weight excluding hydrogens is 333 g/mol. The molecule has 1 heterocycles. The zero-order chi connectivity index (χ0) is 16.4. The van der Waals surface area contributed by atoms with Crippen LogP contribution in [0.25, 0.3) is 6.08 Å². The summed E-state index contributed by atoms with van der Waals surface area (Å²) in [6.07, 6.45) is 1.77. The van der Waals surface area contributed by atoms with E-state index >= 15 is 0 Å². The molecule has 0 aromatic heterocycles. The van der Waals surface area contributed by atoms with Gasteiger partial charge in [0, 0.05) is 0 Å². The molecule has 0 spiro atoms. The second kappa shape index (κ2) is 6.52. The summed E-state index contributed by atoms with van der Waals surface area (Å²) in [6, 6.07) is 13.1. The van der Waals surface area contributed by atoms with Crippen molar-refractivity contribution < 1.29 is 13.9 Å². The minimum absolute atomic E-state index is 0.213. The van der Waals surface area contributed by atoms with Crippen LogP contribution in [0, 0.1) is 5.82 Å². The standard InChI is InChI=1S/C17H12FNO2S2/c1-21-14-4-2-3-11(9-14)10-15-16(20)19(17(22)23-15)13-7-5-12(18)6-8-13/h2-10H,1H3. The first kappa shape index (κ1) is 15.7. The van der Waals surface area contributed by atoms with Crippen molar-refractivity contribution in [1.29, 1.82) is 0 Å². The summed E-state index contributed by atoms with van der Waals surface area (Å²) in [5.74, 6) is 0.147. The summed E-state index contributed by atoms with van der Waals surface area (Å²) in [6.45, 7) is 0. The highest BCUT2D eigenvalue weighted by molar-refractivity contribution is 8.27. The Kier molecular flexibility index (Phi) is 4.45. The molecule has 2 aromatic carbocycles. The highest BCUT2D eigenvalue weighted by Crippen LogP contribution is 2.36. The number of nitrogens with zero attached hydrogens (tertiary/aromatic N) is 1. The van der Waals surface area contributed by atoms with Crippen LogP contribution in [-0.4, -0.2) is 17.3 Å². The zero-order valence-corrected chi connectivity index (χ0v) is 13.8. The van der Waals surface area contributed by atoms with Gasteiger partial charge in [0.25, 0.3) is 5.91 Å². The van der Waals surface area contributed by atoms with Gasteiger partial charge < -0.3 is 4.74 Å². The molecule has 0 atom stereocenters. The first-order valence-corrected chi connectivity index (χ1v) is 7.98. The van der Waals surface area contributed by atoms with Gasteiger partial charge in [0.2, 0.25) is 0 Å². The molecule has 1 aliphatic heterocycles. The maximum atomic E-state index is 13.0. The SMILES string of the molecule is COc1cccc(C=C2SC(=S)N(c3ccc(F)cc3)C2=O)c1. The number of halogens is 1. The van der Waals surface area contributed by atoms with Crippen molar-refractivity contribution in [3.05, 3.63) is 64.8 Å². The Morgan fingerprint density at radius 2 is 1.96 bits per heavy atom. The van der Waals surface area contributed by atoms with E-state index < -0.39 is 0 Å². The van der Waals surface area contributed by atoms with Crippen LogP contribution >= 0.6 is 24.0 Å². The Morgan fingerprint density at radius 1 is 1.22 bits per heavy atom. The van der Waals surface area contributed by atoms with Crippen LogP contribution in [0.3, 0.4) is 0 Å². The number of hydrogen-bond donors (Lipinski definition) is 0. The molecule has 1 aliphatic rings. The van der Waals surface area contributed by atoms with E-state index in [4.69, 9.17) is 17.0 Å². The van der Waals surface area contributed by atoms with E-state index in [1.54, 1.807) is 13.2 Å². The van der Waals surface area contributed by atoms with E-state index in [2.05, 4.69) is 0 Å². The van der Waals surface area contributed by atoms with Crippen LogP contribution in [0.1, 0.15) is 5.56 Å². The minimum atomic E-state index is -0.355. The van der Waals surface area contributed by atoms with Crippen LogP contribution in [0.4, 0.5) is 10.1 Å². The van der Waals surface area contributed by atoms with Crippen molar-refractivity contribution >= 4 is 46.0 Å². The Hall–Kier alpha value is -2.18. The fourth-order valence-electron chi connectivity index (χ4n) is 2.16. The van der Waals surface area contributed by atoms with Gasteiger partial charge >= 0.3 is 0 Å². The lowest BCUT2D eigenvalue weighted by atomic mass is 10.2. The van der Waals surface area contributed by atoms with Gasteiger partial charge in [-0.3, -0.25) is 9.69 Å². The van der Waals surface area contributed by atoms with Gasteiger partial charge in [-0.25, -0.2) is 4.39 Å². The molecule has 1 amide bonds. The summed E-state index contributed by atoms with van der Waals surface area (Å²) in [5, 5.41) is 0. The highest BCUT2D eigenvalue weighted by atomic mass is 32.2. The number of carbonyl (C=O) groups is 1. The second-order valence-corrected chi connectivity index (χ2v) is 6.45. The predicted octanol–water partition coefficient (Wildman–Crippen LogP) is 4.24. The van der Waals surface area contributed by atoms with Gasteiger partial charge in [0.15, 0.2) is 4.32 Å². The van der Waals surface area contributed by atoms with E-state index in [0.29, 0.717) is 20.7 Å². The Bertz CT molecular complexity index is 802. The first-order valence-electron chi connectivity index (χ1n) is 6.76. The van der Waals surface area contributed by atoms with Crippen LogP contribution in [0.5, 0.6) is 5.75 Å². The molecule has 1 saturated heterocycles. The number of rotatable bonds is 3. The third-order valence-corrected chi connectivity index (χ3v) is 4.57. The molecule has 0 aliphatic carbocycles. The largest absolute Gasteiger partial charge is 0.497 e. The van der Waals surface area contributed by atoms with Crippen LogP contribution in [-0.2, 0) is 4.79 Å². The number of anilines is 1. The Balaban J connectivity index is 1.91. The van der Waals surface area contributed by atoms with Gasteiger partial charge in [-0.2, -0.15) is 0 Å². The van der Waals surface area contributed by atoms with Crippen LogP contribution in [0.2, 0.25) is 0 Å². The fourth-order valence-corrected chi connectivity index (χ4v) is 3.46. The molecule has 0 saturated carbocycles. The third kappa shape index (κ3) is 3.28. The van der Waals surface area contributed by atoms with Gasteiger partial charge in [0.05, 0.1) is 17.7 Å². The van der Waals surface area contributed by atoms with Gasteiger partial charge in [-0.1, -0.05) is 36.1 Å².